The number of benzene rings is 1. The van der Waals surface area contributed by atoms with Crippen molar-refractivity contribution >= 4 is 33.5 Å². The van der Waals surface area contributed by atoms with E-state index in [4.69, 9.17) is 5.21 Å². The SMILES string of the molecule is CC1CN(c2ncc(C(=O)NO)cn2)CC1NC(=O)Cc1ccc(N2CCCS2(=O)=O)cc1. The lowest BCUT2D eigenvalue weighted by Gasteiger charge is -2.18. The maximum absolute atomic E-state index is 12.6. The third-order valence-electron chi connectivity index (χ3n) is 5.93. The Morgan fingerprint density at radius 1 is 1.15 bits per heavy atom. The number of nitrogens with one attached hydrogen (secondary N) is 2. The fourth-order valence-corrected chi connectivity index (χ4v) is 5.70. The number of carbonyl (C=O) groups excluding carboxylic acids is 2. The van der Waals surface area contributed by atoms with Gasteiger partial charge in [-0.05, 0) is 30.0 Å². The Morgan fingerprint density at radius 2 is 1.85 bits per heavy atom. The first-order chi connectivity index (χ1) is 15.8. The fraction of sp³-hybridized carbons (Fsp3) is 0.429. The summed E-state index contributed by atoms with van der Waals surface area (Å²) in [6.07, 6.45) is 3.48. The molecule has 176 valence electrons. The molecule has 3 heterocycles. The molecule has 2 atom stereocenters. The van der Waals surface area contributed by atoms with Gasteiger partial charge in [0, 0.05) is 32.0 Å². The number of aromatic nitrogens is 2. The van der Waals surface area contributed by atoms with Crippen molar-refractivity contribution < 1.29 is 23.2 Å². The molecule has 3 N–H and O–H groups in total. The molecule has 0 saturated carbocycles. The Labute approximate surface area is 191 Å². The van der Waals surface area contributed by atoms with E-state index in [1.54, 1.807) is 24.3 Å². The molecule has 11 nitrogen and oxygen atoms in total. The van der Waals surface area contributed by atoms with E-state index < -0.39 is 15.9 Å². The average Bonchev–Trinajstić information content (AvgIpc) is 3.35. The molecule has 12 heteroatoms. The lowest BCUT2D eigenvalue weighted by atomic mass is 10.1. The van der Waals surface area contributed by atoms with Crippen LogP contribution < -0.4 is 20.0 Å². The molecule has 0 spiro atoms. The molecule has 2 unspecified atom stereocenters. The van der Waals surface area contributed by atoms with Crippen LogP contribution in [0, 0.1) is 5.92 Å². The van der Waals surface area contributed by atoms with E-state index in [-0.39, 0.29) is 35.6 Å². The van der Waals surface area contributed by atoms with Crippen LogP contribution in [0.4, 0.5) is 11.6 Å². The van der Waals surface area contributed by atoms with Crippen LogP contribution in [-0.4, -0.2) is 66.8 Å². The lowest BCUT2D eigenvalue weighted by Crippen LogP contribution is -2.40. The number of sulfonamides is 1. The molecule has 0 bridgehead atoms. The Kier molecular flexibility index (Phi) is 6.47. The van der Waals surface area contributed by atoms with Crippen molar-refractivity contribution in [1.29, 1.82) is 0 Å². The number of rotatable bonds is 6. The first kappa shape index (κ1) is 22.9. The van der Waals surface area contributed by atoms with Gasteiger partial charge in [-0.2, -0.15) is 0 Å². The minimum absolute atomic E-state index is 0.0875. The quantitative estimate of drug-likeness (QED) is 0.401. The van der Waals surface area contributed by atoms with Crippen molar-refractivity contribution in [1.82, 2.24) is 20.8 Å². The Bertz CT molecular complexity index is 1120. The first-order valence-electron chi connectivity index (χ1n) is 10.7. The molecule has 0 radical (unpaired) electrons. The number of nitrogens with zero attached hydrogens (tertiary/aromatic N) is 4. The highest BCUT2D eigenvalue weighted by Gasteiger charge is 2.32. The Morgan fingerprint density at radius 3 is 2.45 bits per heavy atom. The Hall–Kier alpha value is -3.25. The van der Waals surface area contributed by atoms with Gasteiger partial charge in [0.15, 0.2) is 0 Å². The molecule has 4 rings (SSSR count). The molecular weight excluding hydrogens is 448 g/mol. The highest BCUT2D eigenvalue weighted by molar-refractivity contribution is 7.93. The van der Waals surface area contributed by atoms with Gasteiger partial charge >= 0.3 is 0 Å². The van der Waals surface area contributed by atoms with Crippen molar-refractivity contribution in [3.8, 4) is 0 Å². The summed E-state index contributed by atoms with van der Waals surface area (Å²) in [6.45, 7) is 3.70. The predicted molar refractivity (Wildman–Crippen MR) is 120 cm³/mol. The number of hydroxylamine groups is 1. The molecule has 1 aromatic heterocycles. The van der Waals surface area contributed by atoms with Crippen molar-refractivity contribution in [3.05, 3.63) is 47.8 Å². The second-order valence-electron chi connectivity index (χ2n) is 8.35. The normalized spacial score (nSPS) is 21.8. The molecular formula is C21H26N6O5S. The molecule has 33 heavy (non-hydrogen) atoms. The minimum Gasteiger partial charge on any atom is -0.351 e. The second-order valence-corrected chi connectivity index (χ2v) is 10.4. The van der Waals surface area contributed by atoms with Crippen molar-refractivity contribution in [2.75, 3.05) is 34.6 Å². The highest BCUT2D eigenvalue weighted by atomic mass is 32.2. The molecule has 2 aliphatic heterocycles. The van der Waals surface area contributed by atoms with Gasteiger partial charge in [0.1, 0.15) is 0 Å². The van der Waals surface area contributed by atoms with Gasteiger partial charge in [-0.3, -0.25) is 19.1 Å². The zero-order chi connectivity index (χ0) is 23.6. The summed E-state index contributed by atoms with van der Waals surface area (Å²) in [5, 5.41) is 11.7. The zero-order valence-electron chi connectivity index (χ0n) is 18.1. The molecule has 2 fully saturated rings. The van der Waals surface area contributed by atoms with E-state index in [0.717, 1.165) is 5.56 Å². The summed E-state index contributed by atoms with van der Waals surface area (Å²) in [5.74, 6) is -0.0232. The number of anilines is 2. The fourth-order valence-electron chi connectivity index (χ4n) is 4.14. The summed E-state index contributed by atoms with van der Waals surface area (Å²) in [4.78, 5) is 34.3. The Balaban J connectivity index is 1.33. The van der Waals surface area contributed by atoms with Crippen LogP contribution in [-0.2, 0) is 21.2 Å². The molecule has 2 aliphatic rings. The summed E-state index contributed by atoms with van der Waals surface area (Å²) < 4.78 is 25.5. The van der Waals surface area contributed by atoms with Gasteiger partial charge < -0.3 is 10.2 Å². The third-order valence-corrected chi connectivity index (χ3v) is 7.80. The van der Waals surface area contributed by atoms with E-state index in [1.165, 1.54) is 22.2 Å². The van der Waals surface area contributed by atoms with Crippen LogP contribution in [0.5, 0.6) is 0 Å². The van der Waals surface area contributed by atoms with Crippen molar-refractivity contribution in [2.45, 2.75) is 25.8 Å². The van der Waals surface area contributed by atoms with Gasteiger partial charge in [-0.1, -0.05) is 19.1 Å². The molecule has 2 saturated heterocycles. The third kappa shape index (κ3) is 5.06. The predicted octanol–water partition coefficient (Wildman–Crippen LogP) is 0.319. The smallest absolute Gasteiger partial charge is 0.277 e. The number of hydrogen-bond donors (Lipinski definition) is 3. The van der Waals surface area contributed by atoms with Crippen LogP contribution >= 0.6 is 0 Å². The van der Waals surface area contributed by atoms with Crippen LogP contribution in [0.3, 0.4) is 0 Å². The maximum atomic E-state index is 12.6. The van der Waals surface area contributed by atoms with Gasteiger partial charge in [0.25, 0.3) is 5.91 Å². The minimum atomic E-state index is -3.23. The van der Waals surface area contributed by atoms with Crippen LogP contribution in [0.15, 0.2) is 36.7 Å². The molecule has 0 aliphatic carbocycles. The zero-order valence-corrected chi connectivity index (χ0v) is 19.0. The van der Waals surface area contributed by atoms with Gasteiger partial charge in [0.2, 0.25) is 21.9 Å². The monoisotopic (exact) mass is 474 g/mol. The van der Waals surface area contributed by atoms with E-state index >= 15 is 0 Å². The summed E-state index contributed by atoms with van der Waals surface area (Å²) >= 11 is 0. The summed E-state index contributed by atoms with van der Waals surface area (Å²) in [7, 11) is -3.23. The molecule has 2 amide bonds. The standard InChI is InChI=1S/C21H26N6O5S/c1-14-12-26(21-22-10-16(11-23-21)20(29)25-30)13-18(14)24-19(28)9-15-3-5-17(6-4-15)27-7-2-8-33(27,31)32/h3-6,10-11,14,18,30H,2,7-9,12-13H2,1H3,(H,24,28)(H,25,29). The van der Waals surface area contributed by atoms with E-state index in [9.17, 15) is 18.0 Å². The maximum Gasteiger partial charge on any atom is 0.277 e. The van der Waals surface area contributed by atoms with Crippen LogP contribution in [0.25, 0.3) is 0 Å². The highest BCUT2D eigenvalue weighted by Crippen LogP contribution is 2.25. The van der Waals surface area contributed by atoms with Crippen molar-refractivity contribution in [3.63, 3.8) is 0 Å². The van der Waals surface area contributed by atoms with Gasteiger partial charge in [-0.15, -0.1) is 0 Å². The van der Waals surface area contributed by atoms with E-state index in [0.29, 0.717) is 37.7 Å². The van der Waals surface area contributed by atoms with Crippen LogP contribution in [0.1, 0.15) is 29.3 Å². The van der Waals surface area contributed by atoms with Crippen LogP contribution in [0.2, 0.25) is 0 Å². The second kappa shape index (κ2) is 9.32. The van der Waals surface area contributed by atoms with Crippen molar-refractivity contribution in [2.24, 2.45) is 5.92 Å². The van der Waals surface area contributed by atoms with E-state index in [2.05, 4.69) is 15.3 Å². The summed E-state index contributed by atoms with van der Waals surface area (Å²) in [5.41, 5.74) is 3.11. The lowest BCUT2D eigenvalue weighted by molar-refractivity contribution is -0.121. The average molecular weight is 475 g/mol. The van der Waals surface area contributed by atoms with E-state index in [1.807, 2.05) is 11.8 Å². The van der Waals surface area contributed by atoms with Gasteiger partial charge in [-0.25, -0.2) is 23.9 Å². The molecule has 2 aromatic rings. The first-order valence-corrected chi connectivity index (χ1v) is 12.3. The molecule has 1 aromatic carbocycles. The number of carbonyl (C=O) groups is 2. The summed E-state index contributed by atoms with van der Waals surface area (Å²) in [6, 6.07) is 6.96. The van der Waals surface area contributed by atoms with Gasteiger partial charge in [0.05, 0.1) is 29.5 Å². The number of hydrogen-bond acceptors (Lipinski definition) is 8. The largest absolute Gasteiger partial charge is 0.351 e. The number of amides is 2. The topological polar surface area (TPSA) is 145 Å².